The van der Waals surface area contributed by atoms with Gasteiger partial charge in [0.25, 0.3) is 0 Å². The highest BCUT2D eigenvalue weighted by Gasteiger charge is 2.49. The van der Waals surface area contributed by atoms with Crippen LogP contribution in [0.3, 0.4) is 0 Å². The van der Waals surface area contributed by atoms with Crippen LogP contribution in [0.2, 0.25) is 10.0 Å². The Hall–Kier alpha value is -2.13. The molecule has 0 unspecified atom stereocenters. The normalized spacial score (nSPS) is 27.8. The monoisotopic (exact) mass is 462 g/mol. The molecule has 0 saturated carbocycles. The first kappa shape index (κ1) is 20.8. The summed E-state index contributed by atoms with van der Waals surface area (Å²) in [6, 6.07) is 12.6. The first-order chi connectivity index (χ1) is 15.0. The summed E-state index contributed by atoms with van der Waals surface area (Å²) in [5.74, 6) is 0.323. The molecule has 1 aromatic heterocycles. The van der Waals surface area contributed by atoms with Gasteiger partial charge in [0.1, 0.15) is 24.4 Å². The molecule has 2 aromatic carbocycles. The summed E-state index contributed by atoms with van der Waals surface area (Å²) in [5.41, 5.74) is 2.70. The molecule has 3 aromatic rings. The summed E-state index contributed by atoms with van der Waals surface area (Å²) in [5, 5.41) is 31.9. The third kappa shape index (κ3) is 3.61. The summed E-state index contributed by atoms with van der Waals surface area (Å²) in [6.07, 6.45) is -2.31. The summed E-state index contributed by atoms with van der Waals surface area (Å²) >= 11 is 12.2. The van der Waals surface area contributed by atoms with E-state index in [4.69, 9.17) is 32.7 Å². The molecule has 31 heavy (non-hydrogen) atoms. The van der Waals surface area contributed by atoms with Gasteiger partial charge in [0, 0.05) is 23.6 Å². The van der Waals surface area contributed by atoms with Gasteiger partial charge in [-0.05, 0) is 23.8 Å². The topological polar surface area (TPSA) is 96.4 Å². The molecule has 0 bridgehead atoms. The van der Waals surface area contributed by atoms with E-state index >= 15 is 0 Å². The number of nitrogens with zero attached hydrogens (tertiary/aromatic N) is 2. The molecule has 2 aliphatic rings. The van der Waals surface area contributed by atoms with E-state index < -0.39 is 37.3 Å². The van der Waals surface area contributed by atoms with E-state index in [0.29, 0.717) is 22.5 Å². The van der Waals surface area contributed by atoms with Crippen LogP contribution in [0.5, 0.6) is 0 Å². The average molecular weight is 463 g/mol. The molecule has 0 radical (unpaired) electrons. The van der Waals surface area contributed by atoms with Gasteiger partial charge in [-0.1, -0.05) is 47.5 Å². The van der Waals surface area contributed by atoms with E-state index in [1.807, 2.05) is 42.6 Å². The van der Waals surface area contributed by atoms with Gasteiger partial charge in [-0.2, -0.15) is 0 Å². The second-order valence-electron chi connectivity index (χ2n) is 7.69. The molecular weight excluding hydrogens is 443 g/mol. The Balaban J connectivity index is 1.51. The molecule has 3 N–H and O–H groups in total. The van der Waals surface area contributed by atoms with Gasteiger partial charge in [0.05, 0.1) is 22.2 Å². The third-order valence-electron chi connectivity index (χ3n) is 5.70. The van der Waals surface area contributed by atoms with Crippen LogP contribution in [0.1, 0.15) is 11.1 Å². The first-order valence-corrected chi connectivity index (χ1v) is 10.6. The van der Waals surface area contributed by atoms with Gasteiger partial charge in [-0.15, -0.1) is 0 Å². The Kier molecular flexibility index (Phi) is 5.42. The summed E-state index contributed by atoms with van der Waals surface area (Å²) in [6.45, 7) is 0.130. The van der Waals surface area contributed by atoms with Crippen LogP contribution in [0, 0.1) is 0 Å². The number of para-hydroxylation sites is 1. The average Bonchev–Trinajstić information content (AvgIpc) is 3.35. The highest BCUT2D eigenvalue weighted by atomic mass is 35.5. The van der Waals surface area contributed by atoms with Gasteiger partial charge in [0.2, 0.25) is 12.2 Å². The Bertz CT molecular complexity index is 1160. The summed E-state index contributed by atoms with van der Waals surface area (Å²) in [7, 11) is 0. The minimum Gasteiger partial charge on any atom is -0.445 e. The molecule has 3 heterocycles. The number of hydrogen-bond acceptors (Lipinski definition) is 6. The van der Waals surface area contributed by atoms with Crippen molar-refractivity contribution in [2.75, 3.05) is 6.61 Å². The highest BCUT2D eigenvalue weighted by molar-refractivity contribution is 6.42. The van der Waals surface area contributed by atoms with Crippen LogP contribution in [-0.2, 0) is 16.0 Å². The number of hydrogen-bond donors (Lipinski definition) is 3. The molecule has 5 atom stereocenters. The number of rotatable bonds is 4. The molecule has 0 amide bonds. The summed E-state index contributed by atoms with van der Waals surface area (Å²) < 4.78 is 13.6. The van der Waals surface area contributed by atoms with Gasteiger partial charge in [0.15, 0.2) is 0 Å². The Morgan fingerprint density at radius 3 is 2.61 bits per heavy atom. The Morgan fingerprint density at radius 1 is 1.03 bits per heavy atom. The second kappa shape index (κ2) is 8.09. The number of fused-ring (bicyclic) bond motifs is 2. The van der Waals surface area contributed by atoms with Crippen LogP contribution >= 0.6 is 23.2 Å². The number of aliphatic hydroxyl groups excluding tert-OH is 3. The molecule has 0 spiro atoms. The number of aliphatic imine (C=N–C) groups is 1. The van der Waals surface area contributed by atoms with Crippen molar-refractivity contribution < 1.29 is 24.8 Å². The lowest BCUT2D eigenvalue weighted by atomic mass is 9.98. The number of benzene rings is 2. The van der Waals surface area contributed by atoms with Crippen molar-refractivity contribution in [1.82, 2.24) is 4.57 Å². The minimum absolute atomic E-state index is 0.323. The van der Waals surface area contributed by atoms with Crippen molar-refractivity contribution in [3.8, 4) is 0 Å². The van der Waals surface area contributed by atoms with E-state index in [2.05, 4.69) is 9.56 Å². The lowest BCUT2D eigenvalue weighted by Gasteiger charge is -2.36. The molecule has 0 aliphatic carbocycles. The maximum Gasteiger partial charge on any atom is 0.227 e. The number of aliphatic hydroxyl groups is 3. The Labute approximate surface area is 188 Å². The van der Waals surface area contributed by atoms with Crippen molar-refractivity contribution >= 4 is 40.0 Å². The number of ether oxygens (including phenoxy) is 2. The van der Waals surface area contributed by atoms with Crippen molar-refractivity contribution in [2.24, 2.45) is 4.99 Å². The van der Waals surface area contributed by atoms with Crippen LogP contribution in [0.4, 0.5) is 0 Å². The number of halogens is 2. The van der Waals surface area contributed by atoms with Gasteiger partial charge >= 0.3 is 0 Å². The van der Waals surface area contributed by atoms with E-state index in [9.17, 15) is 15.3 Å². The maximum atomic E-state index is 10.4. The second-order valence-corrected chi connectivity index (χ2v) is 8.50. The molecule has 5 rings (SSSR count). The van der Waals surface area contributed by atoms with Crippen LogP contribution in [0.15, 0.2) is 53.7 Å². The molecule has 1 fully saturated rings. The molecule has 162 valence electrons. The minimum atomic E-state index is -1.24. The zero-order chi connectivity index (χ0) is 21.7. The van der Waals surface area contributed by atoms with Gasteiger partial charge in [-0.25, -0.2) is 4.99 Å². The molecular formula is C22H20Cl2N2O5. The van der Waals surface area contributed by atoms with E-state index in [0.717, 1.165) is 22.0 Å². The maximum absolute atomic E-state index is 10.4. The van der Waals surface area contributed by atoms with Crippen LogP contribution in [-0.4, -0.2) is 63.0 Å². The zero-order valence-corrected chi connectivity index (χ0v) is 17.7. The smallest absolute Gasteiger partial charge is 0.227 e. The van der Waals surface area contributed by atoms with Gasteiger partial charge in [-0.3, -0.25) is 0 Å². The number of aromatic nitrogens is 1. The predicted octanol–water partition coefficient (Wildman–Crippen LogP) is 2.58. The third-order valence-corrected chi connectivity index (χ3v) is 6.44. The fourth-order valence-electron chi connectivity index (χ4n) is 4.09. The van der Waals surface area contributed by atoms with Crippen LogP contribution in [0.25, 0.3) is 10.9 Å². The SMILES string of the molecule is OC[C@H]1O[C@@H]2OC(c3cn(Cc4ccc(Cl)c(Cl)c4)c4ccccc34)=N[C@@H]2[C@@H](O)[C@@H]1O. The fraction of sp³-hybridized carbons (Fsp3) is 0.318. The van der Waals surface area contributed by atoms with Gasteiger partial charge < -0.3 is 29.4 Å². The fourth-order valence-corrected chi connectivity index (χ4v) is 4.41. The lowest BCUT2D eigenvalue weighted by molar-refractivity contribution is -0.234. The van der Waals surface area contributed by atoms with Crippen molar-refractivity contribution in [3.05, 3.63) is 69.8 Å². The first-order valence-electron chi connectivity index (χ1n) is 9.85. The molecule has 1 saturated heterocycles. The Morgan fingerprint density at radius 2 is 1.84 bits per heavy atom. The largest absolute Gasteiger partial charge is 0.445 e. The quantitative estimate of drug-likeness (QED) is 0.553. The predicted molar refractivity (Wildman–Crippen MR) is 117 cm³/mol. The van der Waals surface area contributed by atoms with E-state index in [1.54, 1.807) is 6.07 Å². The standard InChI is InChI=1S/C22H20Cl2N2O5/c23-14-6-5-11(7-15(14)24)8-26-9-13(12-3-1-2-4-16(12)26)21-25-18-20(29)19(28)17(10-27)30-22(18)31-21/h1-7,9,17-20,22,27-29H,8,10H2/t17-,18-,19-,20-,22-/m1/s1. The van der Waals surface area contributed by atoms with Crippen molar-refractivity contribution in [3.63, 3.8) is 0 Å². The molecule has 7 nitrogen and oxygen atoms in total. The zero-order valence-electron chi connectivity index (χ0n) is 16.2. The molecule has 2 aliphatic heterocycles. The van der Waals surface area contributed by atoms with E-state index in [-0.39, 0.29) is 0 Å². The molecule has 9 heteroatoms. The highest BCUT2D eigenvalue weighted by Crippen LogP contribution is 2.33. The summed E-state index contributed by atoms with van der Waals surface area (Å²) in [4.78, 5) is 4.50. The van der Waals surface area contributed by atoms with Crippen molar-refractivity contribution in [1.29, 1.82) is 0 Å². The van der Waals surface area contributed by atoms with Crippen molar-refractivity contribution in [2.45, 2.75) is 37.2 Å². The lowest BCUT2D eigenvalue weighted by Crippen LogP contribution is -2.56. The van der Waals surface area contributed by atoms with Crippen LogP contribution < -0.4 is 0 Å². The van der Waals surface area contributed by atoms with E-state index in [1.165, 1.54) is 0 Å².